The van der Waals surface area contributed by atoms with Crippen molar-refractivity contribution in [2.24, 2.45) is 0 Å². The van der Waals surface area contributed by atoms with Gasteiger partial charge >= 0.3 is 0 Å². The molecule has 9 rings (SSSR count). The van der Waals surface area contributed by atoms with E-state index in [4.69, 9.17) is 16.3 Å². The second-order valence-electron chi connectivity index (χ2n) is 12.6. The average Bonchev–Trinajstić information content (AvgIpc) is 3.26. The highest BCUT2D eigenvalue weighted by molar-refractivity contribution is 6.00. The maximum atomic E-state index is 9.77. The van der Waals surface area contributed by atoms with Crippen molar-refractivity contribution in [3.63, 3.8) is 0 Å². The molecule has 0 aliphatic rings. The van der Waals surface area contributed by atoms with Crippen LogP contribution in [-0.2, 0) is 0 Å². The molecule has 8 aromatic carbocycles. The van der Waals surface area contributed by atoms with Gasteiger partial charge in [-0.05, 0) is 91.7 Å². The van der Waals surface area contributed by atoms with Gasteiger partial charge in [0.25, 0.3) is 0 Å². The van der Waals surface area contributed by atoms with Gasteiger partial charge < -0.3 is 0 Å². The number of rotatable bonds is 7. The molecule has 244 valence electrons. The van der Waals surface area contributed by atoms with Crippen LogP contribution >= 0.6 is 0 Å². The number of nitrogens with zero attached hydrogens (tertiary/aromatic N) is 3. The van der Waals surface area contributed by atoms with E-state index in [0.29, 0.717) is 17.2 Å². The van der Waals surface area contributed by atoms with Crippen LogP contribution in [-0.4, -0.2) is 15.0 Å². The molecule has 0 unspecified atom stereocenters. The summed E-state index contributed by atoms with van der Waals surface area (Å²) in [4.78, 5) is 14.9. The summed E-state index contributed by atoms with van der Waals surface area (Å²) in [5.74, 6) is 0.825. The SMILES string of the molecule is [2H]c1c([2H])c(-c2nc(-c3ccccc3)nc(-c3cc(-c4ccccc4)cc(-c4ccccc4)c3)n2)c([2H])c(-c2cc(-c3ccccc3)cc3ccccc23)c1[2H]. The first-order valence-electron chi connectivity index (χ1n) is 19.2. The highest BCUT2D eigenvalue weighted by Gasteiger charge is 2.16. The minimum absolute atomic E-state index is 0.0681. The van der Waals surface area contributed by atoms with Crippen LogP contribution in [0.2, 0.25) is 0 Å². The maximum absolute atomic E-state index is 9.77. The van der Waals surface area contributed by atoms with Crippen LogP contribution in [0.5, 0.6) is 0 Å². The molecule has 1 heterocycles. The summed E-state index contributed by atoms with van der Waals surface area (Å²) in [5, 5.41) is 1.77. The fraction of sp³-hybridized carbons (Fsp3) is 0. The van der Waals surface area contributed by atoms with Crippen molar-refractivity contribution in [1.29, 1.82) is 0 Å². The lowest BCUT2D eigenvalue weighted by Gasteiger charge is -2.14. The molecule has 3 heteroatoms. The molecule has 0 radical (unpaired) electrons. The minimum atomic E-state index is -0.305. The molecule has 0 aliphatic heterocycles. The molecule has 52 heavy (non-hydrogen) atoms. The van der Waals surface area contributed by atoms with Gasteiger partial charge in [0.1, 0.15) is 0 Å². The Kier molecular flexibility index (Phi) is 7.09. The maximum Gasteiger partial charge on any atom is 0.164 e. The molecule has 0 saturated heterocycles. The van der Waals surface area contributed by atoms with Crippen molar-refractivity contribution in [3.05, 3.63) is 200 Å². The van der Waals surface area contributed by atoms with Crippen LogP contribution in [0.1, 0.15) is 5.48 Å². The van der Waals surface area contributed by atoms with Crippen molar-refractivity contribution in [2.75, 3.05) is 0 Å². The fourth-order valence-corrected chi connectivity index (χ4v) is 6.59. The fourth-order valence-electron chi connectivity index (χ4n) is 6.59. The van der Waals surface area contributed by atoms with Crippen molar-refractivity contribution in [2.45, 2.75) is 0 Å². The number of hydrogen-bond acceptors (Lipinski definition) is 3. The molecule has 0 saturated carbocycles. The predicted octanol–water partition coefficient (Wildman–Crippen LogP) is 12.7. The van der Waals surface area contributed by atoms with E-state index >= 15 is 0 Å². The molecule has 0 aliphatic carbocycles. The van der Waals surface area contributed by atoms with E-state index in [1.807, 2.05) is 140 Å². The van der Waals surface area contributed by atoms with Crippen LogP contribution in [0.25, 0.3) is 89.4 Å². The van der Waals surface area contributed by atoms with Crippen molar-refractivity contribution in [1.82, 2.24) is 15.0 Å². The van der Waals surface area contributed by atoms with E-state index < -0.39 is 0 Å². The largest absolute Gasteiger partial charge is 0.208 e. The lowest BCUT2D eigenvalue weighted by atomic mass is 9.92. The topological polar surface area (TPSA) is 38.7 Å². The van der Waals surface area contributed by atoms with Gasteiger partial charge in [0, 0.05) is 16.7 Å². The lowest BCUT2D eigenvalue weighted by Crippen LogP contribution is -2.00. The standard InChI is InChI=1S/C49H33N3/c1-5-16-34(17-6-1)41-30-42(35-18-7-2-8-19-35)32-44(31-41)49-51-47(37-22-11-4-12-23-37)50-48(52-49)40-26-15-25-39(28-40)46-33-43(36-20-9-3-10-21-36)29-38-24-13-14-27-45(38)46/h1-33H/i15D,25D,26D,28D. The molecular formula is C49H33N3. The number of hydrogen-bond donors (Lipinski definition) is 0. The monoisotopic (exact) mass is 667 g/mol. The zero-order chi connectivity index (χ0) is 38.2. The third-order valence-electron chi connectivity index (χ3n) is 9.16. The Bertz CT molecular complexity index is 2830. The molecule has 0 bridgehead atoms. The zero-order valence-corrected chi connectivity index (χ0v) is 28.1. The highest BCUT2D eigenvalue weighted by atomic mass is 15.0. The van der Waals surface area contributed by atoms with Gasteiger partial charge in [-0.3, -0.25) is 0 Å². The van der Waals surface area contributed by atoms with Gasteiger partial charge in [0.2, 0.25) is 0 Å². The van der Waals surface area contributed by atoms with Gasteiger partial charge in [-0.15, -0.1) is 0 Å². The quantitative estimate of drug-likeness (QED) is 0.170. The molecular weight excluding hydrogens is 631 g/mol. The van der Waals surface area contributed by atoms with Crippen molar-refractivity contribution < 1.29 is 5.48 Å². The minimum Gasteiger partial charge on any atom is -0.208 e. The third-order valence-corrected chi connectivity index (χ3v) is 9.16. The van der Waals surface area contributed by atoms with Gasteiger partial charge in [-0.25, -0.2) is 15.0 Å². The Hall–Kier alpha value is -6.97. The second-order valence-corrected chi connectivity index (χ2v) is 12.6. The van der Waals surface area contributed by atoms with Gasteiger partial charge in [-0.2, -0.15) is 0 Å². The Morgan fingerprint density at radius 1 is 0.327 bits per heavy atom. The summed E-state index contributed by atoms with van der Waals surface area (Å²) in [6.45, 7) is 0. The molecule has 0 fully saturated rings. The van der Waals surface area contributed by atoms with Crippen LogP contribution in [0.3, 0.4) is 0 Å². The first-order valence-corrected chi connectivity index (χ1v) is 17.2. The number of fused-ring (bicyclic) bond motifs is 1. The van der Waals surface area contributed by atoms with E-state index in [1.165, 1.54) is 0 Å². The van der Waals surface area contributed by atoms with E-state index in [2.05, 4.69) is 36.4 Å². The second kappa shape index (κ2) is 13.7. The van der Waals surface area contributed by atoms with Crippen molar-refractivity contribution in [3.8, 4) is 78.7 Å². The summed E-state index contributed by atoms with van der Waals surface area (Å²) in [7, 11) is 0. The van der Waals surface area contributed by atoms with Crippen LogP contribution in [0.4, 0.5) is 0 Å². The predicted molar refractivity (Wildman–Crippen MR) is 215 cm³/mol. The Balaban J connectivity index is 1.31. The Labute approximate surface area is 309 Å². The van der Waals surface area contributed by atoms with E-state index in [0.717, 1.165) is 55.3 Å². The first-order chi connectivity index (χ1) is 27.4. The van der Waals surface area contributed by atoms with Crippen molar-refractivity contribution >= 4 is 10.8 Å². The van der Waals surface area contributed by atoms with Gasteiger partial charge in [0.15, 0.2) is 17.5 Å². The van der Waals surface area contributed by atoms with Crippen LogP contribution in [0, 0.1) is 0 Å². The smallest absolute Gasteiger partial charge is 0.164 e. The van der Waals surface area contributed by atoms with E-state index in [9.17, 15) is 4.11 Å². The van der Waals surface area contributed by atoms with Crippen LogP contribution < -0.4 is 0 Å². The summed E-state index contributed by atoms with van der Waals surface area (Å²) in [6.07, 6.45) is 0. The third kappa shape index (κ3) is 6.28. The Morgan fingerprint density at radius 3 is 1.33 bits per heavy atom. The summed E-state index contributed by atoms with van der Waals surface area (Å²) in [5.41, 5.74) is 8.35. The molecule has 0 N–H and O–H groups in total. The zero-order valence-electron chi connectivity index (χ0n) is 32.1. The molecule has 3 nitrogen and oxygen atoms in total. The summed E-state index contributed by atoms with van der Waals surface area (Å²) < 4.78 is 37.3. The normalized spacial score (nSPS) is 12.2. The first kappa shape index (κ1) is 26.8. The molecule has 1 aromatic heterocycles. The Morgan fingerprint density at radius 2 is 0.750 bits per heavy atom. The summed E-state index contributed by atoms with van der Waals surface area (Å²) in [6, 6.07) is 57.1. The summed E-state index contributed by atoms with van der Waals surface area (Å²) >= 11 is 0. The molecule has 0 amide bonds. The average molecular weight is 668 g/mol. The van der Waals surface area contributed by atoms with E-state index in [-0.39, 0.29) is 41.1 Å². The van der Waals surface area contributed by atoms with Gasteiger partial charge in [0.05, 0.1) is 5.48 Å². The number of aromatic nitrogens is 3. The van der Waals surface area contributed by atoms with E-state index in [1.54, 1.807) is 0 Å². The highest BCUT2D eigenvalue weighted by Crippen LogP contribution is 2.37. The molecule has 0 atom stereocenters. The molecule has 9 aromatic rings. The van der Waals surface area contributed by atoms with Gasteiger partial charge in [-0.1, -0.05) is 164 Å². The molecule has 0 spiro atoms. The van der Waals surface area contributed by atoms with Crippen LogP contribution in [0.15, 0.2) is 200 Å². The number of benzene rings is 8. The lowest BCUT2D eigenvalue weighted by molar-refractivity contribution is 1.07.